The smallest absolute Gasteiger partial charge is 0.284 e. The molecule has 0 atom stereocenters. The van der Waals surface area contributed by atoms with Crippen LogP contribution in [0.5, 0.6) is 11.5 Å². The molecule has 0 unspecified atom stereocenters. The maximum atomic E-state index is 11.9. The van der Waals surface area contributed by atoms with E-state index in [2.05, 4.69) is 20.9 Å². The molecule has 0 amide bonds. The van der Waals surface area contributed by atoms with Crippen LogP contribution in [0, 0.1) is 0 Å². The van der Waals surface area contributed by atoms with Crippen molar-refractivity contribution in [2.75, 3.05) is 7.11 Å². The molecule has 2 aromatic carbocycles. The minimum absolute atomic E-state index is 0.0278. The third-order valence-corrected chi connectivity index (χ3v) is 3.84. The Morgan fingerprint density at radius 1 is 1.26 bits per heavy atom. The van der Waals surface area contributed by atoms with Gasteiger partial charge in [0.15, 0.2) is 11.5 Å². The first kappa shape index (κ1) is 15.3. The molecule has 0 saturated carbocycles. The molecule has 6 heteroatoms. The number of methoxy groups -OCH3 is 1. The van der Waals surface area contributed by atoms with Crippen molar-refractivity contribution in [1.82, 2.24) is 4.98 Å². The number of phenolic OH excluding ortho intramolecular Hbond substituents is 1. The maximum Gasteiger partial charge on any atom is 0.284 e. The monoisotopic (exact) mass is 373 g/mol. The summed E-state index contributed by atoms with van der Waals surface area (Å²) in [6.45, 7) is 0. The van der Waals surface area contributed by atoms with E-state index in [4.69, 9.17) is 9.15 Å². The number of halogens is 1. The minimum Gasteiger partial charge on any atom is -0.503 e. The zero-order valence-electron chi connectivity index (χ0n) is 12.1. The van der Waals surface area contributed by atoms with E-state index < -0.39 is 0 Å². The van der Waals surface area contributed by atoms with Crippen molar-refractivity contribution in [2.45, 2.75) is 0 Å². The molecule has 0 bridgehead atoms. The highest BCUT2D eigenvalue weighted by molar-refractivity contribution is 9.10. The van der Waals surface area contributed by atoms with Crippen LogP contribution < -0.4 is 10.3 Å². The number of ether oxygens (including phenoxy) is 1. The predicted octanol–water partition coefficient (Wildman–Crippen LogP) is 3.84. The van der Waals surface area contributed by atoms with Crippen molar-refractivity contribution in [3.05, 3.63) is 62.7 Å². The molecule has 1 aromatic heterocycles. The zero-order chi connectivity index (χ0) is 16.4. The number of phenols is 1. The van der Waals surface area contributed by atoms with Crippen LogP contribution in [0.25, 0.3) is 23.1 Å². The van der Waals surface area contributed by atoms with E-state index in [9.17, 15) is 9.90 Å². The Morgan fingerprint density at radius 3 is 2.83 bits per heavy atom. The van der Waals surface area contributed by atoms with Gasteiger partial charge in [-0.05, 0) is 51.8 Å². The topological polar surface area (TPSA) is 72.6 Å². The molecular formula is C17H12BrNO4. The Hall–Kier alpha value is -2.60. The summed E-state index contributed by atoms with van der Waals surface area (Å²) < 4.78 is 11.2. The van der Waals surface area contributed by atoms with Crippen molar-refractivity contribution >= 4 is 39.1 Å². The first-order valence-corrected chi connectivity index (χ1v) is 7.52. The number of hydrogen-bond acceptors (Lipinski definition) is 5. The van der Waals surface area contributed by atoms with Crippen molar-refractivity contribution in [3.8, 4) is 11.5 Å². The number of benzene rings is 2. The highest BCUT2D eigenvalue weighted by Gasteiger charge is 2.08. The van der Waals surface area contributed by atoms with Crippen molar-refractivity contribution in [3.63, 3.8) is 0 Å². The van der Waals surface area contributed by atoms with Crippen LogP contribution in [0.15, 0.2) is 50.1 Å². The highest BCUT2D eigenvalue weighted by atomic mass is 79.9. The molecule has 0 aliphatic carbocycles. The molecule has 0 fully saturated rings. The van der Waals surface area contributed by atoms with Crippen LogP contribution in [0.4, 0.5) is 0 Å². The summed E-state index contributed by atoms with van der Waals surface area (Å²) in [6.07, 6.45) is 3.30. The lowest BCUT2D eigenvalue weighted by atomic mass is 10.2. The fraction of sp³-hybridized carbons (Fsp3) is 0.0588. The second-order valence-corrected chi connectivity index (χ2v) is 5.59. The molecule has 23 heavy (non-hydrogen) atoms. The minimum atomic E-state index is -0.337. The summed E-state index contributed by atoms with van der Waals surface area (Å²) >= 11 is 3.26. The van der Waals surface area contributed by atoms with Crippen molar-refractivity contribution in [2.24, 2.45) is 0 Å². The first-order chi connectivity index (χ1) is 11.1. The molecule has 0 radical (unpaired) electrons. The van der Waals surface area contributed by atoms with Gasteiger partial charge in [0.2, 0.25) is 5.89 Å². The van der Waals surface area contributed by atoms with Gasteiger partial charge in [-0.1, -0.05) is 12.1 Å². The average Bonchev–Trinajstić information content (AvgIpc) is 2.56. The summed E-state index contributed by atoms with van der Waals surface area (Å²) in [7, 11) is 1.47. The number of fused-ring (bicyclic) bond motifs is 1. The Balaban J connectivity index is 2.00. The number of aromatic hydroxyl groups is 1. The normalized spacial score (nSPS) is 11.2. The van der Waals surface area contributed by atoms with E-state index in [-0.39, 0.29) is 17.2 Å². The van der Waals surface area contributed by atoms with Crippen LogP contribution in [0.3, 0.4) is 0 Å². The van der Waals surface area contributed by atoms with E-state index in [0.29, 0.717) is 21.2 Å². The molecule has 1 N–H and O–H groups in total. The maximum absolute atomic E-state index is 11.9. The lowest BCUT2D eigenvalue weighted by molar-refractivity contribution is 0.372. The van der Waals surface area contributed by atoms with Gasteiger partial charge >= 0.3 is 0 Å². The number of hydrogen-bond donors (Lipinski definition) is 1. The zero-order valence-corrected chi connectivity index (χ0v) is 13.7. The SMILES string of the molecule is COc1cc(/C=C/c2nc(=O)c3ccccc3o2)cc(Br)c1O. The quantitative estimate of drug-likeness (QED) is 0.754. The summed E-state index contributed by atoms with van der Waals surface area (Å²) in [5.41, 5.74) is 0.900. The van der Waals surface area contributed by atoms with E-state index in [1.165, 1.54) is 7.11 Å². The highest BCUT2D eigenvalue weighted by Crippen LogP contribution is 2.35. The second kappa shape index (κ2) is 6.26. The Kier molecular flexibility index (Phi) is 4.16. The summed E-state index contributed by atoms with van der Waals surface area (Å²) in [5.74, 6) is 0.573. The molecule has 116 valence electrons. The summed E-state index contributed by atoms with van der Waals surface area (Å²) in [6, 6.07) is 10.3. The number of aromatic nitrogens is 1. The summed E-state index contributed by atoms with van der Waals surface area (Å²) in [4.78, 5) is 15.8. The fourth-order valence-corrected chi connectivity index (χ4v) is 2.57. The first-order valence-electron chi connectivity index (χ1n) is 6.73. The third kappa shape index (κ3) is 3.12. The van der Waals surface area contributed by atoms with Gasteiger partial charge in [0, 0.05) is 6.08 Å². The lowest BCUT2D eigenvalue weighted by Crippen LogP contribution is -2.06. The van der Waals surface area contributed by atoms with Crippen molar-refractivity contribution < 1.29 is 14.3 Å². The number of nitrogens with zero attached hydrogens (tertiary/aromatic N) is 1. The fourth-order valence-electron chi connectivity index (χ4n) is 2.11. The van der Waals surface area contributed by atoms with Crippen LogP contribution in [-0.2, 0) is 0 Å². The largest absolute Gasteiger partial charge is 0.503 e. The Bertz CT molecular complexity index is 962. The van der Waals surface area contributed by atoms with Gasteiger partial charge < -0.3 is 14.3 Å². The molecule has 0 aliphatic heterocycles. The van der Waals surface area contributed by atoms with Gasteiger partial charge in [-0.2, -0.15) is 4.98 Å². The molecular weight excluding hydrogens is 362 g/mol. The predicted molar refractivity (Wildman–Crippen MR) is 91.6 cm³/mol. The van der Waals surface area contributed by atoms with Gasteiger partial charge in [-0.3, -0.25) is 4.79 Å². The molecule has 3 rings (SSSR count). The van der Waals surface area contributed by atoms with E-state index >= 15 is 0 Å². The number of rotatable bonds is 3. The van der Waals surface area contributed by atoms with Crippen LogP contribution >= 0.6 is 15.9 Å². The molecule has 3 aromatic rings. The molecule has 5 nitrogen and oxygen atoms in total. The second-order valence-electron chi connectivity index (χ2n) is 4.74. The number of para-hydroxylation sites is 1. The molecule has 0 spiro atoms. The molecule has 0 saturated heterocycles. The summed E-state index contributed by atoms with van der Waals surface area (Å²) in [5, 5.41) is 10.2. The van der Waals surface area contributed by atoms with E-state index in [0.717, 1.165) is 5.56 Å². The molecule has 0 aliphatic rings. The van der Waals surface area contributed by atoms with Crippen molar-refractivity contribution in [1.29, 1.82) is 0 Å². The molecule has 1 heterocycles. The van der Waals surface area contributed by atoms with Gasteiger partial charge in [0.25, 0.3) is 5.56 Å². The van der Waals surface area contributed by atoms with E-state index in [1.54, 1.807) is 48.6 Å². The van der Waals surface area contributed by atoms with E-state index in [1.807, 2.05) is 0 Å². The lowest BCUT2D eigenvalue weighted by Gasteiger charge is -2.06. The van der Waals surface area contributed by atoms with Crippen LogP contribution in [0.1, 0.15) is 11.5 Å². The van der Waals surface area contributed by atoms with Crippen LogP contribution in [0.2, 0.25) is 0 Å². The van der Waals surface area contributed by atoms with Gasteiger partial charge in [-0.25, -0.2) is 0 Å². The Labute approximate surface area is 140 Å². The van der Waals surface area contributed by atoms with Gasteiger partial charge in [0.05, 0.1) is 17.0 Å². The van der Waals surface area contributed by atoms with Gasteiger partial charge in [0.1, 0.15) is 5.58 Å². The van der Waals surface area contributed by atoms with Crippen LogP contribution in [-0.4, -0.2) is 17.2 Å². The Morgan fingerprint density at radius 2 is 2.04 bits per heavy atom. The average molecular weight is 374 g/mol. The standard InChI is InChI=1S/C17H12BrNO4/c1-22-14-9-10(8-12(18)16(14)20)6-7-15-19-17(21)11-4-2-3-5-13(11)23-15/h2-9,20H,1H3/b7-6+. The van der Waals surface area contributed by atoms with Gasteiger partial charge in [-0.15, -0.1) is 0 Å². The third-order valence-electron chi connectivity index (χ3n) is 3.23.